The number of ether oxygens (including phenoxy) is 1. The average Bonchev–Trinajstić information content (AvgIpc) is 2.65. The Hall–Kier alpha value is -2.12. The first-order chi connectivity index (χ1) is 12.5. The minimum Gasteiger partial charge on any atom is -0.379 e. The number of hydrogen-bond acceptors (Lipinski definition) is 4. The SMILES string of the molecule is CCNC(=NCC(=O)Nc1ccccc1)NCC(C)(C)N1CCOCC1. The summed E-state index contributed by atoms with van der Waals surface area (Å²) in [5, 5.41) is 9.39. The van der Waals surface area contributed by atoms with E-state index in [-0.39, 0.29) is 18.0 Å². The number of hydrogen-bond donors (Lipinski definition) is 3. The zero-order valence-electron chi connectivity index (χ0n) is 16.0. The van der Waals surface area contributed by atoms with E-state index < -0.39 is 0 Å². The lowest BCUT2D eigenvalue weighted by Crippen LogP contribution is -2.56. The molecule has 7 nitrogen and oxygen atoms in total. The van der Waals surface area contributed by atoms with Gasteiger partial charge >= 0.3 is 0 Å². The predicted octanol–water partition coefficient (Wildman–Crippen LogP) is 1.29. The van der Waals surface area contributed by atoms with Gasteiger partial charge in [-0.3, -0.25) is 9.69 Å². The van der Waals surface area contributed by atoms with E-state index in [0.717, 1.165) is 45.1 Å². The molecule has 0 atom stereocenters. The molecule has 1 amide bonds. The zero-order valence-corrected chi connectivity index (χ0v) is 16.0. The number of nitrogens with one attached hydrogen (secondary N) is 3. The number of rotatable bonds is 7. The van der Waals surface area contributed by atoms with Gasteiger partial charge in [-0.2, -0.15) is 0 Å². The van der Waals surface area contributed by atoms with Gasteiger partial charge in [-0.25, -0.2) is 4.99 Å². The smallest absolute Gasteiger partial charge is 0.246 e. The third-order valence-corrected chi connectivity index (χ3v) is 4.34. The maximum Gasteiger partial charge on any atom is 0.246 e. The average molecular weight is 361 g/mol. The molecule has 0 radical (unpaired) electrons. The van der Waals surface area contributed by atoms with E-state index in [1.54, 1.807) is 0 Å². The molecule has 144 valence electrons. The van der Waals surface area contributed by atoms with E-state index in [1.165, 1.54) is 0 Å². The Kier molecular flexibility index (Phi) is 7.87. The highest BCUT2D eigenvalue weighted by molar-refractivity contribution is 5.94. The Bertz CT molecular complexity index is 583. The Morgan fingerprint density at radius 3 is 2.54 bits per heavy atom. The second-order valence-electron chi connectivity index (χ2n) is 6.87. The Labute approximate surface area is 156 Å². The first kappa shape index (κ1) is 20.2. The fourth-order valence-electron chi connectivity index (χ4n) is 2.80. The number of aliphatic imine (C=N–C) groups is 1. The van der Waals surface area contributed by atoms with E-state index in [0.29, 0.717) is 5.96 Å². The van der Waals surface area contributed by atoms with Gasteiger partial charge < -0.3 is 20.7 Å². The van der Waals surface area contributed by atoms with Crippen molar-refractivity contribution < 1.29 is 9.53 Å². The molecule has 0 aliphatic carbocycles. The van der Waals surface area contributed by atoms with E-state index in [1.807, 2.05) is 37.3 Å². The quantitative estimate of drug-likeness (QED) is 0.504. The van der Waals surface area contributed by atoms with Gasteiger partial charge in [0.25, 0.3) is 0 Å². The van der Waals surface area contributed by atoms with Gasteiger partial charge in [0.05, 0.1) is 13.2 Å². The van der Waals surface area contributed by atoms with Crippen LogP contribution in [0.4, 0.5) is 5.69 Å². The highest BCUT2D eigenvalue weighted by Crippen LogP contribution is 2.15. The van der Waals surface area contributed by atoms with Gasteiger partial charge in [-0.1, -0.05) is 18.2 Å². The lowest BCUT2D eigenvalue weighted by atomic mass is 10.0. The van der Waals surface area contributed by atoms with Crippen molar-refractivity contribution in [3.63, 3.8) is 0 Å². The van der Waals surface area contributed by atoms with E-state index in [2.05, 4.69) is 39.7 Å². The molecule has 26 heavy (non-hydrogen) atoms. The highest BCUT2D eigenvalue weighted by Gasteiger charge is 2.28. The number of guanidine groups is 1. The van der Waals surface area contributed by atoms with E-state index >= 15 is 0 Å². The predicted molar refractivity (Wildman–Crippen MR) is 106 cm³/mol. The molecule has 7 heteroatoms. The van der Waals surface area contributed by atoms with Crippen molar-refractivity contribution in [3.05, 3.63) is 30.3 Å². The van der Waals surface area contributed by atoms with Crippen molar-refractivity contribution in [1.29, 1.82) is 0 Å². The molecular weight excluding hydrogens is 330 g/mol. The monoisotopic (exact) mass is 361 g/mol. The summed E-state index contributed by atoms with van der Waals surface area (Å²) < 4.78 is 5.43. The number of nitrogens with zero attached hydrogens (tertiary/aromatic N) is 2. The first-order valence-corrected chi connectivity index (χ1v) is 9.21. The zero-order chi connectivity index (χ0) is 18.8. The van der Waals surface area contributed by atoms with Crippen molar-refractivity contribution in [2.75, 3.05) is 51.3 Å². The van der Waals surface area contributed by atoms with Crippen LogP contribution in [0.3, 0.4) is 0 Å². The summed E-state index contributed by atoms with van der Waals surface area (Å²) in [6.07, 6.45) is 0. The van der Waals surface area contributed by atoms with Crippen LogP contribution in [0.5, 0.6) is 0 Å². The largest absolute Gasteiger partial charge is 0.379 e. The molecule has 0 aromatic heterocycles. The molecule has 0 bridgehead atoms. The number of carbonyl (C=O) groups excluding carboxylic acids is 1. The number of carbonyl (C=O) groups is 1. The molecule has 1 aromatic rings. The van der Waals surface area contributed by atoms with Gasteiger partial charge in [0.2, 0.25) is 5.91 Å². The summed E-state index contributed by atoms with van der Waals surface area (Å²) >= 11 is 0. The third kappa shape index (κ3) is 6.65. The van der Waals surface area contributed by atoms with Crippen LogP contribution in [0, 0.1) is 0 Å². The number of anilines is 1. The lowest BCUT2D eigenvalue weighted by Gasteiger charge is -2.41. The van der Waals surface area contributed by atoms with Gasteiger partial charge in [0.1, 0.15) is 6.54 Å². The Morgan fingerprint density at radius 1 is 1.19 bits per heavy atom. The minimum atomic E-state index is -0.138. The van der Waals surface area contributed by atoms with Gasteiger partial charge in [0.15, 0.2) is 5.96 Å². The van der Waals surface area contributed by atoms with E-state index in [9.17, 15) is 4.79 Å². The van der Waals surface area contributed by atoms with Gasteiger partial charge in [0, 0.05) is 37.4 Å². The fraction of sp³-hybridized carbons (Fsp3) is 0.579. The number of para-hydroxylation sites is 1. The molecular formula is C19H31N5O2. The Morgan fingerprint density at radius 2 is 1.88 bits per heavy atom. The summed E-state index contributed by atoms with van der Waals surface area (Å²) in [7, 11) is 0. The van der Waals surface area contributed by atoms with Crippen LogP contribution >= 0.6 is 0 Å². The van der Waals surface area contributed by atoms with Crippen LogP contribution in [-0.4, -0.2) is 68.2 Å². The minimum absolute atomic E-state index is 0.0216. The standard InChI is InChI=1S/C19H31N5O2/c1-4-20-18(21-14-17(25)23-16-8-6-5-7-9-16)22-15-19(2,3)24-10-12-26-13-11-24/h5-9H,4,10-15H2,1-3H3,(H,23,25)(H2,20,21,22). The van der Waals surface area contributed by atoms with Crippen LogP contribution in [-0.2, 0) is 9.53 Å². The third-order valence-electron chi connectivity index (χ3n) is 4.34. The van der Waals surface area contributed by atoms with Crippen molar-refractivity contribution in [1.82, 2.24) is 15.5 Å². The molecule has 1 aromatic carbocycles. The summed E-state index contributed by atoms with van der Waals surface area (Å²) in [5.74, 6) is 0.512. The molecule has 3 N–H and O–H groups in total. The summed E-state index contributed by atoms with van der Waals surface area (Å²) in [5.41, 5.74) is 0.755. The molecule has 1 fully saturated rings. The summed E-state index contributed by atoms with van der Waals surface area (Å²) in [4.78, 5) is 18.9. The van der Waals surface area contributed by atoms with E-state index in [4.69, 9.17) is 4.74 Å². The molecule has 1 saturated heterocycles. The molecule has 0 unspecified atom stereocenters. The highest BCUT2D eigenvalue weighted by atomic mass is 16.5. The lowest BCUT2D eigenvalue weighted by molar-refractivity contribution is -0.114. The summed E-state index contributed by atoms with van der Waals surface area (Å²) in [6, 6.07) is 9.40. The number of morpholine rings is 1. The van der Waals surface area contributed by atoms with Crippen LogP contribution in [0.2, 0.25) is 0 Å². The van der Waals surface area contributed by atoms with Gasteiger partial charge in [-0.15, -0.1) is 0 Å². The molecule has 2 rings (SSSR count). The second-order valence-corrected chi connectivity index (χ2v) is 6.87. The molecule has 0 saturated carbocycles. The maximum atomic E-state index is 12.1. The molecule has 1 heterocycles. The first-order valence-electron chi connectivity index (χ1n) is 9.21. The maximum absolute atomic E-state index is 12.1. The molecule has 1 aliphatic rings. The molecule has 1 aliphatic heterocycles. The normalized spacial score (nSPS) is 16.2. The number of amides is 1. The molecule has 0 spiro atoms. The topological polar surface area (TPSA) is 78.0 Å². The van der Waals surface area contributed by atoms with Crippen molar-refractivity contribution in [2.45, 2.75) is 26.3 Å². The fourth-order valence-corrected chi connectivity index (χ4v) is 2.80. The van der Waals surface area contributed by atoms with Crippen molar-refractivity contribution in [3.8, 4) is 0 Å². The van der Waals surface area contributed by atoms with Crippen LogP contribution in [0.1, 0.15) is 20.8 Å². The van der Waals surface area contributed by atoms with Crippen molar-refractivity contribution >= 4 is 17.6 Å². The van der Waals surface area contributed by atoms with Crippen molar-refractivity contribution in [2.24, 2.45) is 4.99 Å². The Balaban J connectivity index is 1.86. The van der Waals surface area contributed by atoms with Crippen LogP contribution in [0.25, 0.3) is 0 Å². The van der Waals surface area contributed by atoms with Crippen LogP contribution in [0.15, 0.2) is 35.3 Å². The van der Waals surface area contributed by atoms with Gasteiger partial charge in [-0.05, 0) is 32.9 Å². The van der Waals surface area contributed by atoms with Crippen LogP contribution < -0.4 is 16.0 Å². The number of benzene rings is 1. The second kappa shape index (κ2) is 10.1. The summed E-state index contributed by atoms with van der Waals surface area (Å²) in [6.45, 7) is 11.4.